The summed E-state index contributed by atoms with van der Waals surface area (Å²) in [5, 5.41) is 0. The number of benzene rings is 2. The predicted molar refractivity (Wildman–Crippen MR) is 99.4 cm³/mol. The van der Waals surface area contributed by atoms with Crippen LogP contribution in [0.5, 0.6) is 17.2 Å². The Kier molecular flexibility index (Phi) is 6.55. The molecule has 0 spiro atoms. The highest BCUT2D eigenvalue weighted by molar-refractivity contribution is 5.89. The van der Waals surface area contributed by atoms with Crippen LogP contribution >= 0.6 is 0 Å². The molecule has 0 aromatic heterocycles. The van der Waals surface area contributed by atoms with E-state index in [0.717, 1.165) is 5.56 Å². The molecule has 0 atom stereocenters. The molecule has 0 aliphatic carbocycles. The average molecular weight is 376 g/mol. The van der Waals surface area contributed by atoms with E-state index in [9.17, 15) is 13.6 Å². The Morgan fingerprint density at radius 2 is 1.67 bits per heavy atom. The highest BCUT2D eigenvalue weighted by Gasteiger charge is 2.21. The van der Waals surface area contributed by atoms with E-state index in [1.54, 1.807) is 31.4 Å². The van der Waals surface area contributed by atoms with Crippen LogP contribution in [0, 0.1) is 0 Å². The number of hydrogen-bond acceptors (Lipinski definition) is 4. The molecule has 0 saturated heterocycles. The summed E-state index contributed by atoms with van der Waals surface area (Å²) in [5.41, 5.74) is 1.26. The van der Waals surface area contributed by atoms with Gasteiger partial charge in [-0.15, -0.1) is 0 Å². The first-order chi connectivity index (χ1) is 12.7. The lowest BCUT2D eigenvalue weighted by Gasteiger charge is -2.22. The van der Waals surface area contributed by atoms with Crippen molar-refractivity contribution in [3.05, 3.63) is 59.7 Å². The fourth-order valence-electron chi connectivity index (χ4n) is 2.38. The zero-order valence-corrected chi connectivity index (χ0v) is 15.7. The van der Waals surface area contributed by atoms with Gasteiger partial charge in [-0.2, -0.15) is 8.78 Å². The molecule has 144 valence electrons. The van der Waals surface area contributed by atoms with Crippen LogP contribution in [0.25, 0.3) is 6.08 Å². The standard InChI is InChI=1S/C21H22F2O4/c1-21(2,3)17-13-16(25-4)10-11-18(17)27-19(24)12-7-14-5-8-15(9-6-14)26-20(22)23/h5-13,20H,1-4H3/b12-7+. The van der Waals surface area contributed by atoms with Crippen molar-refractivity contribution in [1.29, 1.82) is 0 Å². The predicted octanol–water partition coefficient (Wildman–Crippen LogP) is 5.21. The van der Waals surface area contributed by atoms with E-state index in [0.29, 0.717) is 17.1 Å². The van der Waals surface area contributed by atoms with Crippen molar-refractivity contribution >= 4 is 12.0 Å². The quantitative estimate of drug-likeness (QED) is 0.394. The van der Waals surface area contributed by atoms with Crippen molar-refractivity contribution in [2.24, 2.45) is 0 Å². The van der Waals surface area contributed by atoms with Gasteiger partial charge in [-0.25, -0.2) is 4.79 Å². The molecule has 0 saturated carbocycles. The number of carbonyl (C=O) groups is 1. The van der Waals surface area contributed by atoms with Crippen LogP contribution in [0.3, 0.4) is 0 Å². The highest BCUT2D eigenvalue weighted by atomic mass is 19.3. The van der Waals surface area contributed by atoms with Gasteiger partial charge in [0.05, 0.1) is 7.11 Å². The molecular formula is C21H22F2O4. The number of halogens is 2. The summed E-state index contributed by atoms with van der Waals surface area (Å²) in [6, 6.07) is 11.2. The van der Waals surface area contributed by atoms with Crippen molar-refractivity contribution in [1.82, 2.24) is 0 Å². The minimum absolute atomic E-state index is 0.0535. The molecule has 4 nitrogen and oxygen atoms in total. The number of carbonyl (C=O) groups excluding carboxylic acids is 1. The second kappa shape index (κ2) is 8.66. The second-order valence-electron chi connectivity index (χ2n) is 6.81. The van der Waals surface area contributed by atoms with Crippen molar-refractivity contribution in [2.45, 2.75) is 32.8 Å². The molecule has 0 amide bonds. The smallest absolute Gasteiger partial charge is 0.387 e. The maximum Gasteiger partial charge on any atom is 0.387 e. The molecule has 2 aromatic rings. The number of rotatable bonds is 6. The minimum atomic E-state index is -2.87. The Morgan fingerprint density at radius 1 is 1.04 bits per heavy atom. The molecule has 0 aliphatic rings. The van der Waals surface area contributed by atoms with Gasteiger partial charge in [0.1, 0.15) is 17.2 Å². The summed E-state index contributed by atoms with van der Waals surface area (Å²) in [5.74, 6) is 0.649. The number of methoxy groups -OCH3 is 1. The molecule has 2 aromatic carbocycles. The molecular weight excluding hydrogens is 354 g/mol. The van der Waals surface area contributed by atoms with E-state index in [-0.39, 0.29) is 11.2 Å². The second-order valence-corrected chi connectivity index (χ2v) is 6.81. The van der Waals surface area contributed by atoms with Gasteiger partial charge in [0, 0.05) is 11.6 Å². The first kappa shape index (κ1) is 20.4. The lowest BCUT2D eigenvalue weighted by Crippen LogP contribution is -2.15. The fourth-order valence-corrected chi connectivity index (χ4v) is 2.38. The third-order valence-electron chi connectivity index (χ3n) is 3.72. The third kappa shape index (κ3) is 6.09. The molecule has 2 rings (SSSR count). The number of hydrogen-bond donors (Lipinski definition) is 0. The van der Waals surface area contributed by atoms with Crippen molar-refractivity contribution in [3.63, 3.8) is 0 Å². The molecule has 6 heteroatoms. The van der Waals surface area contributed by atoms with Crippen LogP contribution in [0.1, 0.15) is 31.9 Å². The van der Waals surface area contributed by atoms with Gasteiger partial charge in [0.25, 0.3) is 0 Å². The fraction of sp³-hybridized carbons (Fsp3) is 0.286. The Bertz CT molecular complexity index is 806. The van der Waals surface area contributed by atoms with Crippen LogP contribution in [-0.4, -0.2) is 19.7 Å². The topological polar surface area (TPSA) is 44.8 Å². The van der Waals surface area contributed by atoms with Crippen LogP contribution in [-0.2, 0) is 10.2 Å². The maximum absolute atomic E-state index is 12.2. The lowest BCUT2D eigenvalue weighted by molar-refractivity contribution is -0.129. The average Bonchev–Trinajstić information content (AvgIpc) is 2.60. The Hall–Kier alpha value is -2.89. The first-order valence-corrected chi connectivity index (χ1v) is 8.32. The molecule has 0 unspecified atom stereocenters. The third-order valence-corrected chi connectivity index (χ3v) is 3.72. The van der Waals surface area contributed by atoms with Crippen molar-refractivity contribution in [3.8, 4) is 17.2 Å². The SMILES string of the molecule is COc1ccc(OC(=O)/C=C/c2ccc(OC(F)F)cc2)c(C(C)(C)C)c1. The minimum Gasteiger partial charge on any atom is -0.497 e. The first-order valence-electron chi connectivity index (χ1n) is 8.32. The summed E-state index contributed by atoms with van der Waals surface area (Å²) in [7, 11) is 1.58. The van der Waals surface area contributed by atoms with Crippen LogP contribution in [0.2, 0.25) is 0 Å². The normalized spacial score (nSPS) is 11.7. The molecule has 0 aliphatic heterocycles. The van der Waals surface area contributed by atoms with E-state index < -0.39 is 12.6 Å². The van der Waals surface area contributed by atoms with Gasteiger partial charge in [-0.3, -0.25) is 0 Å². The van der Waals surface area contributed by atoms with Gasteiger partial charge in [0.2, 0.25) is 0 Å². The van der Waals surface area contributed by atoms with Gasteiger partial charge < -0.3 is 14.2 Å². The Balaban J connectivity index is 2.10. The Morgan fingerprint density at radius 3 is 2.22 bits per heavy atom. The number of esters is 1. The van der Waals surface area contributed by atoms with Gasteiger partial charge in [-0.05, 0) is 47.4 Å². The van der Waals surface area contributed by atoms with Gasteiger partial charge in [0.15, 0.2) is 0 Å². The van der Waals surface area contributed by atoms with Crippen LogP contribution in [0.4, 0.5) is 8.78 Å². The lowest BCUT2D eigenvalue weighted by atomic mass is 9.86. The number of alkyl halides is 2. The highest BCUT2D eigenvalue weighted by Crippen LogP contribution is 2.34. The number of ether oxygens (including phenoxy) is 3. The summed E-state index contributed by atoms with van der Waals surface area (Å²) < 4.78 is 39.3. The van der Waals surface area contributed by atoms with Crippen LogP contribution in [0.15, 0.2) is 48.5 Å². The van der Waals surface area contributed by atoms with E-state index in [1.165, 1.54) is 24.3 Å². The monoisotopic (exact) mass is 376 g/mol. The van der Waals surface area contributed by atoms with Gasteiger partial charge in [-0.1, -0.05) is 32.9 Å². The molecule has 0 fully saturated rings. The van der Waals surface area contributed by atoms with E-state index in [2.05, 4.69) is 4.74 Å². The summed E-state index contributed by atoms with van der Waals surface area (Å²) in [6.07, 6.45) is 2.81. The van der Waals surface area contributed by atoms with E-state index in [1.807, 2.05) is 26.8 Å². The largest absolute Gasteiger partial charge is 0.497 e. The van der Waals surface area contributed by atoms with Crippen molar-refractivity contribution in [2.75, 3.05) is 7.11 Å². The zero-order valence-electron chi connectivity index (χ0n) is 15.7. The maximum atomic E-state index is 12.2. The summed E-state index contributed by atoms with van der Waals surface area (Å²) in [6.45, 7) is 3.16. The van der Waals surface area contributed by atoms with Crippen LogP contribution < -0.4 is 14.2 Å². The van der Waals surface area contributed by atoms with Gasteiger partial charge >= 0.3 is 12.6 Å². The zero-order chi connectivity index (χ0) is 20.0. The molecule has 0 bridgehead atoms. The molecule has 0 radical (unpaired) electrons. The van der Waals surface area contributed by atoms with Crippen molar-refractivity contribution < 1.29 is 27.8 Å². The summed E-state index contributed by atoms with van der Waals surface area (Å²) in [4.78, 5) is 12.2. The Labute approximate surface area is 157 Å². The molecule has 0 heterocycles. The molecule has 0 N–H and O–H groups in total. The molecule has 27 heavy (non-hydrogen) atoms. The van der Waals surface area contributed by atoms with E-state index >= 15 is 0 Å². The van der Waals surface area contributed by atoms with E-state index in [4.69, 9.17) is 9.47 Å². The summed E-state index contributed by atoms with van der Waals surface area (Å²) >= 11 is 0.